The molecule has 0 heterocycles. The number of carbonyl (C=O) groups excluding carboxylic acids is 3. The van der Waals surface area contributed by atoms with E-state index in [1.54, 1.807) is 6.92 Å². The predicted molar refractivity (Wildman–Crippen MR) is 104 cm³/mol. The van der Waals surface area contributed by atoms with Gasteiger partial charge in [0.2, 0.25) is 11.8 Å². The molecule has 0 saturated heterocycles. The van der Waals surface area contributed by atoms with E-state index in [9.17, 15) is 19.5 Å². The highest BCUT2D eigenvalue weighted by molar-refractivity contribution is 5.93. The maximum atomic E-state index is 12.8. The van der Waals surface area contributed by atoms with Crippen molar-refractivity contribution in [2.45, 2.75) is 77.0 Å². The fourth-order valence-electron chi connectivity index (χ4n) is 3.74. The van der Waals surface area contributed by atoms with Crippen LogP contribution in [0.3, 0.4) is 0 Å². The third-order valence-electron chi connectivity index (χ3n) is 5.39. The summed E-state index contributed by atoms with van der Waals surface area (Å²) >= 11 is 0. The number of hydrogen-bond acceptors (Lipinski definition) is 6. The van der Waals surface area contributed by atoms with Crippen molar-refractivity contribution in [3.8, 4) is 0 Å². The van der Waals surface area contributed by atoms with Crippen LogP contribution in [0.25, 0.3) is 0 Å². The van der Waals surface area contributed by atoms with Gasteiger partial charge in [-0.1, -0.05) is 26.2 Å². The zero-order valence-corrected chi connectivity index (χ0v) is 16.6. The molecule has 0 radical (unpaired) electrons. The second-order valence-corrected chi connectivity index (χ2v) is 7.43. The van der Waals surface area contributed by atoms with Crippen LogP contribution in [0.4, 0.5) is 0 Å². The minimum absolute atomic E-state index is 0.0310. The van der Waals surface area contributed by atoms with Crippen LogP contribution in [0.2, 0.25) is 0 Å². The molecular weight excluding hydrogens is 348 g/mol. The molecule has 0 aliphatic heterocycles. The van der Waals surface area contributed by atoms with Crippen molar-refractivity contribution in [2.24, 2.45) is 23.3 Å². The molecule has 0 spiro atoms. The van der Waals surface area contributed by atoms with Crippen LogP contribution in [-0.4, -0.2) is 54.0 Å². The van der Waals surface area contributed by atoms with E-state index in [1.807, 2.05) is 0 Å². The third-order valence-corrected chi connectivity index (χ3v) is 5.39. The van der Waals surface area contributed by atoms with Crippen molar-refractivity contribution in [2.75, 3.05) is 13.1 Å². The van der Waals surface area contributed by atoms with Gasteiger partial charge in [0.05, 0.1) is 12.1 Å². The minimum Gasteiger partial charge on any atom is -0.391 e. The van der Waals surface area contributed by atoms with E-state index in [0.717, 1.165) is 25.7 Å². The Hall–Kier alpha value is -1.51. The predicted octanol–water partition coefficient (Wildman–Crippen LogP) is -0.180. The lowest BCUT2D eigenvalue weighted by Gasteiger charge is -2.31. The van der Waals surface area contributed by atoms with Crippen LogP contribution in [-0.2, 0) is 14.4 Å². The van der Waals surface area contributed by atoms with Crippen molar-refractivity contribution in [1.29, 1.82) is 0 Å². The van der Waals surface area contributed by atoms with Gasteiger partial charge in [-0.25, -0.2) is 0 Å². The van der Waals surface area contributed by atoms with Gasteiger partial charge >= 0.3 is 0 Å². The molecule has 8 heteroatoms. The molecule has 27 heavy (non-hydrogen) atoms. The quantitative estimate of drug-likeness (QED) is 0.334. The highest BCUT2D eigenvalue weighted by Gasteiger charge is 2.34. The van der Waals surface area contributed by atoms with Gasteiger partial charge in [0.1, 0.15) is 6.04 Å². The second kappa shape index (κ2) is 12.0. The first kappa shape index (κ1) is 23.5. The largest absolute Gasteiger partial charge is 0.391 e. The first-order valence-electron chi connectivity index (χ1n) is 10.1. The van der Waals surface area contributed by atoms with Crippen LogP contribution in [0.5, 0.6) is 0 Å². The number of carbonyl (C=O) groups is 3. The third kappa shape index (κ3) is 7.20. The highest BCUT2D eigenvalue weighted by atomic mass is 16.3. The summed E-state index contributed by atoms with van der Waals surface area (Å²) in [6.45, 7) is 3.48. The summed E-state index contributed by atoms with van der Waals surface area (Å²) in [5.41, 5.74) is 11.3. The molecule has 1 aliphatic rings. The number of hydrogen-bond donors (Lipinski definition) is 5. The van der Waals surface area contributed by atoms with E-state index in [0.29, 0.717) is 13.0 Å². The second-order valence-electron chi connectivity index (χ2n) is 7.43. The Morgan fingerprint density at radius 2 is 1.70 bits per heavy atom. The number of Topliss-reactive ketones (excluding diaryl/α,β-unsaturated/α-hetero) is 1. The molecule has 156 valence electrons. The number of aliphatic hydroxyl groups is 1. The van der Waals surface area contributed by atoms with Gasteiger partial charge in [-0.2, -0.15) is 0 Å². The van der Waals surface area contributed by atoms with E-state index in [2.05, 4.69) is 10.6 Å². The number of nitrogens with one attached hydrogen (secondary N) is 2. The van der Waals surface area contributed by atoms with Crippen LogP contribution in [0, 0.1) is 11.8 Å². The van der Waals surface area contributed by atoms with E-state index in [1.165, 1.54) is 13.3 Å². The van der Waals surface area contributed by atoms with E-state index in [4.69, 9.17) is 11.5 Å². The van der Waals surface area contributed by atoms with Gasteiger partial charge < -0.3 is 27.2 Å². The Balaban J connectivity index is 2.81. The molecular formula is C19H36N4O4. The number of amides is 2. The van der Waals surface area contributed by atoms with Gasteiger partial charge in [-0.3, -0.25) is 14.4 Å². The smallest absolute Gasteiger partial charge is 0.245 e. The summed E-state index contributed by atoms with van der Waals surface area (Å²) in [7, 11) is 0. The van der Waals surface area contributed by atoms with Crippen LogP contribution < -0.4 is 22.1 Å². The Morgan fingerprint density at radius 1 is 1.07 bits per heavy atom. The fraction of sp³-hybridized carbons (Fsp3) is 0.842. The van der Waals surface area contributed by atoms with E-state index >= 15 is 0 Å². The first-order valence-corrected chi connectivity index (χ1v) is 10.1. The average Bonchev–Trinajstić information content (AvgIpc) is 2.67. The minimum atomic E-state index is -1.14. The zero-order chi connectivity index (χ0) is 20.4. The maximum absolute atomic E-state index is 12.8. The lowest BCUT2D eigenvalue weighted by Crippen LogP contribution is -2.58. The summed E-state index contributed by atoms with van der Waals surface area (Å²) < 4.78 is 0. The lowest BCUT2D eigenvalue weighted by atomic mass is 9.78. The van der Waals surface area contributed by atoms with Crippen molar-refractivity contribution in [3.05, 3.63) is 0 Å². The van der Waals surface area contributed by atoms with E-state index in [-0.39, 0.29) is 36.5 Å². The number of aliphatic hydroxyl groups excluding tert-OH is 1. The molecule has 0 aromatic carbocycles. The topological polar surface area (TPSA) is 148 Å². The Labute approximate surface area is 161 Å². The van der Waals surface area contributed by atoms with Crippen LogP contribution in [0.15, 0.2) is 0 Å². The first-order chi connectivity index (χ1) is 12.8. The molecule has 7 N–H and O–H groups in total. The number of nitrogens with two attached hydrogens (primary N) is 2. The van der Waals surface area contributed by atoms with E-state index < -0.39 is 24.1 Å². The summed E-state index contributed by atoms with van der Waals surface area (Å²) in [5.74, 6) is -1.08. The lowest BCUT2D eigenvalue weighted by molar-refractivity contribution is -0.136. The molecule has 0 aromatic rings. The van der Waals surface area contributed by atoms with Gasteiger partial charge in [0, 0.05) is 18.9 Å². The molecule has 1 aliphatic carbocycles. The molecule has 1 rings (SSSR count). The Morgan fingerprint density at radius 3 is 2.19 bits per heavy atom. The standard InChI is InChI=1S/C19H36N4O4/c1-3-16(25)15(11-21)22-19(27)17(12(2)24)23-18(26)14(9-10-20)13-7-5-4-6-8-13/h12-15,17,24H,3-11,20-21H2,1-2H3,(H,22,27)(H,23,26)/t12?,14?,15-,17-/m0/s1. The molecule has 1 fully saturated rings. The summed E-state index contributed by atoms with van der Waals surface area (Å²) in [5, 5.41) is 15.2. The summed E-state index contributed by atoms with van der Waals surface area (Å²) in [6, 6.07) is -1.96. The average molecular weight is 385 g/mol. The summed E-state index contributed by atoms with van der Waals surface area (Å²) in [6.07, 6.45) is 5.01. The molecule has 2 amide bonds. The normalized spacial score (nSPS) is 19.6. The van der Waals surface area contributed by atoms with Crippen LogP contribution >= 0.6 is 0 Å². The molecule has 4 atom stereocenters. The van der Waals surface area contributed by atoms with Crippen molar-refractivity contribution in [3.63, 3.8) is 0 Å². The molecule has 8 nitrogen and oxygen atoms in total. The van der Waals surface area contributed by atoms with Crippen LogP contribution in [0.1, 0.15) is 58.8 Å². The van der Waals surface area contributed by atoms with Crippen molar-refractivity contribution < 1.29 is 19.5 Å². The Bertz CT molecular complexity index is 492. The maximum Gasteiger partial charge on any atom is 0.245 e. The highest BCUT2D eigenvalue weighted by Crippen LogP contribution is 2.31. The van der Waals surface area contributed by atoms with Crippen molar-refractivity contribution >= 4 is 17.6 Å². The number of rotatable bonds is 11. The molecule has 2 unspecified atom stereocenters. The Kier molecular flexibility index (Phi) is 10.5. The zero-order valence-electron chi connectivity index (χ0n) is 16.6. The molecule has 1 saturated carbocycles. The number of ketones is 1. The molecule has 0 bridgehead atoms. The SMILES string of the molecule is CCC(=O)[C@H](CN)NC(=O)[C@@H](NC(=O)C(CCN)C1CCCCC1)C(C)O. The van der Waals surface area contributed by atoms with Gasteiger partial charge in [-0.05, 0) is 38.6 Å². The summed E-state index contributed by atoms with van der Waals surface area (Å²) in [4.78, 5) is 37.2. The van der Waals surface area contributed by atoms with Crippen molar-refractivity contribution in [1.82, 2.24) is 10.6 Å². The fourth-order valence-corrected chi connectivity index (χ4v) is 3.74. The van der Waals surface area contributed by atoms with Gasteiger partial charge in [0.15, 0.2) is 5.78 Å². The molecule has 0 aromatic heterocycles. The monoisotopic (exact) mass is 384 g/mol. The van der Waals surface area contributed by atoms with Gasteiger partial charge in [-0.15, -0.1) is 0 Å². The van der Waals surface area contributed by atoms with Gasteiger partial charge in [0.25, 0.3) is 0 Å².